The van der Waals surface area contributed by atoms with Gasteiger partial charge in [0.25, 0.3) is 0 Å². The number of aliphatic hydroxyl groups is 1. The maximum atomic E-state index is 13.5. The van der Waals surface area contributed by atoms with E-state index in [1.165, 1.54) is 12.1 Å². The van der Waals surface area contributed by atoms with E-state index in [0.717, 1.165) is 18.4 Å². The molecule has 6 heteroatoms. The Balaban J connectivity index is 1.95. The second kappa shape index (κ2) is 8.44. The first kappa shape index (κ1) is 18.7. The smallest absolute Gasteiger partial charge is 0.317 e. The topological polar surface area (TPSA) is 55.8 Å². The van der Waals surface area contributed by atoms with E-state index in [0.29, 0.717) is 19.6 Å². The second-order valence-electron chi connectivity index (χ2n) is 6.81. The van der Waals surface area contributed by atoms with Gasteiger partial charge < -0.3 is 20.2 Å². The summed E-state index contributed by atoms with van der Waals surface area (Å²) in [6.07, 6.45) is 1.46. The number of amides is 2. The molecular formula is C18H28FN3O2. The van der Waals surface area contributed by atoms with Crippen molar-refractivity contribution in [3.63, 3.8) is 0 Å². The average Bonchev–Trinajstić information content (AvgIpc) is 2.54. The summed E-state index contributed by atoms with van der Waals surface area (Å²) in [6.45, 7) is 3.47. The predicted octanol–water partition coefficient (Wildman–Crippen LogP) is 2.23. The van der Waals surface area contributed by atoms with Gasteiger partial charge in [0.1, 0.15) is 5.82 Å². The van der Waals surface area contributed by atoms with E-state index in [1.54, 1.807) is 17.9 Å². The Kier molecular flexibility index (Phi) is 6.57. The third kappa shape index (κ3) is 4.92. The molecule has 0 aliphatic carbocycles. The minimum Gasteiger partial charge on any atom is -0.393 e. The number of halogens is 1. The number of piperidine rings is 1. The highest BCUT2D eigenvalue weighted by Gasteiger charge is 2.27. The zero-order valence-corrected chi connectivity index (χ0v) is 14.7. The molecule has 0 aromatic heterocycles. The average molecular weight is 337 g/mol. The first-order valence-electron chi connectivity index (χ1n) is 8.51. The van der Waals surface area contributed by atoms with Crippen molar-refractivity contribution < 1.29 is 14.3 Å². The number of nitrogens with zero attached hydrogens (tertiary/aromatic N) is 2. The van der Waals surface area contributed by atoms with Crippen LogP contribution in [-0.4, -0.2) is 60.8 Å². The lowest BCUT2D eigenvalue weighted by Gasteiger charge is -2.35. The van der Waals surface area contributed by atoms with Crippen LogP contribution in [0.5, 0.6) is 0 Å². The molecule has 3 atom stereocenters. The Bertz CT molecular complexity index is 551. The summed E-state index contributed by atoms with van der Waals surface area (Å²) in [5.74, 6) is -0.140. The van der Waals surface area contributed by atoms with Crippen LogP contribution in [0.25, 0.3) is 0 Å². The van der Waals surface area contributed by atoms with Crippen molar-refractivity contribution in [3.8, 4) is 0 Å². The fourth-order valence-corrected chi connectivity index (χ4v) is 3.20. The molecule has 2 rings (SSSR count). The Labute approximate surface area is 143 Å². The highest BCUT2D eigenvalue weighted by Crippen LogP contribution is 2.21. The number of benzene rings is 1. The molecule has 1 aromatic carbocycles. The lowest BCUT2D eigenvalue weighted by Crippen LogP contribution is -2.48. The number of urea groups is 1. The van der Waals surface area contributed by atoms with Crippen molar-refractivity contribution in [1.29, 1.82) is 0 Å². The summed E-state index contributed by atoms with van der Waals surface area (Å²) < 4.78 is 13.5. The third-order valence-electron chi connectivity index (χ3n) is 4.73. The van der Waals surface area contributed by atoms with E-state index in [9.17, 15) is 14.3 Å². The van der Waals surface area contributed by atoms with E-state index in [-0.39, 0.29) is 23.8 Å². The number of likely N-dealkylation sites (tertiary alicyclic amines) is 1. The van der Waals surface area contributed by atoms with Crippen LogP contribution in [0.4, 0.5) is 9.18 Å². The predicted molar refractivity (Wildman–Crippen MR) is 92.2 cm³/mol. The quantitative estimate of drug-likeness (QED) is 0.866. The summed E-state index contributed by atoms with van der Waals surface area (Å²) in [5, 5.41) is 12.7. The molecule has 134 valence electrons. The molecule has 0 radical (unpaired) electrons. The van der Waals surface area contributed by atoms with Crippen LogP contribution < -0.4 is 5.32 Å². The van der Waals surface area contributed by atoms with E-state index in [2.05, 4.69) is 5.32 Å². The fourth-order valence-electron chi connectivity index (χ4n) is 3.20. The fraction of sp³-hybridized carbons (Fsp3) is 0.611. The second-order valence-corrected chi connectivity index (χ2v) is 6.81. The van der Waals surface area contributed by atoms with Crippen LogP contribution in [0, 0.1) is 11.7 Å². The Morgan fingerprint density at radius 2 is 2.25 bits per heavy atom. The van der Waals surface area contributed by atoms with E-state index >= 15 is 0 Å². The van der Waals surface area contributed by atoms with Crippen LogP contribution in [0.1, 0.15) is 31.4 Å². The van der Waals surface area contributed by atoms with Crippen LogP contribution in [-0.2, 0) is 0 Å². The molecule has 0 spiro atoms. The van der Waals surface area contributed by atoms with Crippen molar-refractivity contribution in [3.05, 3.63) is 35.6 Å². The van der Waals surface area contributed by atoms with Crippen LogP contribution in [0.15, 0.2) is 24.3 Å². The lowest BCUT2D eigenvalue weighted by molar-refractivity contribution is 0.0735. The molecule has 0 bridgehead atoms. The van der Waals surface area contributed by atoms with Crippen molar-refractivity contribution in [2.45, 2.75) is 31.9 Å². The van der Waals surface area contributed by atoms with Crippen molar-refractivity contribution >= 4 is 6.03 Å². The molecule has 24 heavy (non-hydrogen) atoms. The summed E-state index contributed by atoms with van der Waals surface area (Å²) >= 11 is 0. The molecule has 2 N–H and O–H groups in total. The standard InChI is InChI=1S/C18H28FN3O2/c1-13(23)15-7-5-9-22(12-15)18(24)20-11-17(21(2)3)14-6-4-8-16(19)10-14/h4,6,8,10,13,15,17,23H,5,7,9,11-12H2,1-3H3,(H,20,24). The van der Waals surface area contributed by atoms with E-state index in [1.807, 2.05) is 25.1 Å². The van der Waals surface area contributed by atoms with Gasteiger partial charge in [-0.15, -0.1) is 0 Å². The number of carbonyl (C=O) groups is 1. The van der Waals surface area contributed by atoms with Crippen molar-refractivity contribution in [1.82, 2.24) is 15.1 Å². The van der Waals surface area contributed by atoms with Crippen LogP contribution >= 0.6 is 0 Å². The van der Waals surface area contributed by atoms with Crippen molar-refractivity contribution in [2.24, 2.45) is 5.92 Å². The maximum Gasteiger partial charge on any atom is 0.317 e. The first-order valence-corrected chi connectivity index (χ1v) is 8.51. The third-order valence-corrected chi connectivity index (χ3v) is 4.73. The van der Waals surface area contributed by atoms with Gasteiger partial charge in [0, 0.05) is 25.6 Å². The Morgan fingerprint density at radius 3 is 2.88 bits per heavy atom. The van der Waals surface area contributed by atoms with Gasteiger partial charge in [0.2, 0.25) is 0 Å². The van der Waals surface area contributed by atoms with Gasteiger partial charge in [0.05, 0.1) is 12.1 Å². The van der Waals surface area contributed by atoms with Gasteiger partial charge in [0.15, 0.2) is 0 Å². The number of aliphatic hydroxyl groups excluding tert-OH is 1. The molecule has 2 amide bonds. The van der Waals surface area contributed by atoms with Crippen LogP contribution in [0.2, 0.25) is 0 Å². The largest absolute Gasteiger partial charge is 0.393 e. The van der Waals surface area contributed by atoms with Gasteiger partial charge in [-0.2, -0.15) is 0 Å². The molecule has 1 fully saturated rings. The maximum absolute atomic E-state index is 13.5. The summed E-state index contributed by atoms with van der Waals surface area (Å²) in [4.78, 5) is 16.2. The molecule has 1 heterocycles. The molecule has 1 saturated heterocycles. The van der Waals surface area contributed by atoms with Crippen LogP contribution in [0.3, 0.4) is 0 Å². The van der Waals surface area contributed by atoms with Crippen molar-refractivity contribution in [2.75, 3.05) is 33.7 Å². The highest BCUT2D eigenvalue weighted by molar-refractivity contribution is 5.74. The van der Waals surface area contributed by atoms with Gasteiger partial charge in [-0.1, -0.05) is 12.1 Å². The zero-order valence-electron chi connectivity index (χ0n) is 14.7. The summed E-state index contributed by atoms with van der Waals surface area (Å²) in [5.41, 5.74) is 0.834. The van der Waals surface area contributed by atoms with Gasteiger partial charge in [-0.25, -0.2) is 9.18 Å². The summed E-state index contributed by atoms with van der Waals surface area (Å²) in [7, 11) is 3.82. The molecular weight excluding hydrogens is 309 g/mol. The molecule has 0 saturated carbocycles. The van der Waals surface area contributed by atoms with Gasteiger partial charge in [-0.3, -0.25) is 0 Å². The molecule has 1 aliphatic heterocycles. The number of rotatable bonds is 5. The number of likely N-dealkylation sites (N-methyl/N-ethyl adjacent to an activating group) is 1. The first-order chi connectivity index (χ1) is 11.4. The normalized spacial score (nSPS) is 20.8. The molecule has 5 nitrogen and oxygen atoms in total. The molecule has 3 unspecified atom stereocenters. The number of carbonyl (C=O) groups excluding carboxylic acids is 1. The molecule has 1 aromatic rings. The lowest BCUT2D eigenvalue weighted by atomic mass is 9.94. The zero-order chi connectivity index (χ0) is 17.7. The Morgan fingerprint density at radius 1 is 1.50 bits per heavy atom. The van der Waals surface area contributed by atoms with E-state index < -0.39 is 6.10 Å². The number of nitrogens with one attached hydrogen (secondary N) is 1. The van der Waals surface area contributed by atoms with E-state index in [4.69, 9.17) is 0 Å². The SMILES string of the molecule is CC(O)C1CCCN(C(=O)NCC(c2cccc(F)c2)N(C)C)C1. The minimum atomic E-state index is -0.401. The summed E-state index contributed by atoms with van der Waals surface area (Å²) in [6, 6.07) is 6.25. The minimum absolute atomic E-state index is 0.0954. The Hall–Kier alpha value is -1.66. The van der Waals surface area contributed by atoms with Gasteiger partial charge >= 0.3 is 6.03 Å². The highest BCUT2D eigenvalue weighted by atomic mass is 19.1. The number of hydrogen-bond donors (Lipinski definition) is 2. The monoisotopic (exact) mass is 337 g/mol. The van der Waals surface area contributed by atoms with Gasteiger partial charge in [-0.05, 0) is 51.6 Å². The molecule has 1 aliphatic rings. The number of hydrogen-bond acceptors (Lipinski definition) is 3.